The molecule has 0 spiro atoms. The summed E-state index contributed by atoms with van der Waals surface area (Å²) in [4.78, 5) is 0.0857. The molecule has 0 aliphatic heterocycles. The summed E-state index contributed by atoms with van der Waals surface area (Å²) in [6.45, 7) is 3.38. The molecule has 0 aliphatic rings. The molecule has 1 atom stereocenters. The van der Waals surface area contributed by atoms with E-state index in [9.17, 15) is 12.8 Å². The first kappa shape index (κ1) is 17.8. The van der Waals surface area contributed by atoms with Gasteiger partial charge in [-0.1, -0.05) is 0 Å². The maximum Gasteiger partial charge on any atom is 0.243 e. The summed E-state index contributed by atoms with van der Waals surface area (Å²) in [5.74, 6) is 0.192. The van der Waals surface area contributed by atoms with Crippen LogP contribution in [0, 0.1) is 12.7 Å². The van der Waals surface area contributed by atoms with Gasteiger partial charge in [-0.3, -0.25) is 0 Å². The summed E-state index contributed by atoms with van der Waals surface area (Å²) in [7, 11) is -2.10. The van der Waals surface area contributed by atoms with Crippen molar-refractivity contribution in [1.82, 2.24) is 4.31 Å². The van der Waals surface area contributed by atoms with Gasteiger partial charge in [0.05, 0.1) is 10.8 Å². The zero-order valence-electron chi connectivity index (χ0n) is 12.0. The lowest BCUT2D eigenvalue weighted by Crippen LogP contribution is -2.36. The van der Waals surface area contributed by atoms with Gasteiger partial charge in [0.1, 0.15) is 5.82 Å². The monoisotopic (exact) mass is 339 g/mol. The summed E-state index contributed by atoms with van der Waals surface area (Å²) in [5.41, 5.74) is 0.490. The number of hydrogen-bond donors (Lipinski definition) is 0. The number of benzene rings is 1. The predicted octanol–water partition coefficient (Wildman–Crippen LogP) is 3.24. The van der Waals surface area contributed by atoms with Crippen LogP contribution in [-0.4, -0.2) is 37.8 Å². The molecule has 0 bridgehead atoms. The zero-order valence-corrected chi connectivity index (χ0v) is 14.4. The molecule has 1 aromatic carbocycles. The number of halogens is 2. The van der Waals surface area contributed by atoms with Crippen LogP contribution in [0.3, 0.4) is 0 Å². The molecule has 0 heterocycles. The Morgan fingerprint density at radius 2 is 2.05 bits per heavy atom. The van der Waals surface area contributed by atoms with E-state index in [-0.39, 0.29) is 27.9 Å². The summed E-state index contributed by atoms with van der Waals surface area (Å²) in [6.07, 6.45) is 1.92. The molecule has 0 saturated carbocycles. The van der Waals surface area contributed by atoms with Gasteiger partial charge in [-0.2, -0.15) is 16.1 Å². The van der Waals surface area contributed by atoms with E-state index in [4.69, 9.17) is 11.6 Å². The van der Waals surface area contributed by atoms with Crippen LogP contribution in [0.2, 0.25) is 0 Å². The molecule has 0 aromatic heterocycles. The van der Waals surface area contributed by atoms with Crippen molar-refractivity contribution >= 4 is 33.4 Å². The van der Waals surface area contributed by atoms with Crippen molar-refractivity contribution in [2.75, 3.05) is 19.1 Å². The van der Waals surface area contributed by atoms with Gasteiger partial charge in [-0.25, -0.2) is 12.8 Å². The molecule has 0 amide bonds. The fourth-order valence-corrected chi connectivity index (χ4v) is 4.29. The van der Waals surface area contributed by atoms with Crippen LogP contribution in [0.4, 0.5) is 4.39 Å². The van der Waals surface area contributed by atoms with E-state index < -0.39 is 15.8 Å². The molecule has 0 N–H and O–H groups in total. The number of rotatable bonds is 6. The molecule has 1 unspecified atom stereocenters. The molecule has 7 heteroatoms. The highest BCUT2D eigenvalue weighted by Crippen LogP contribution is 2.24. The summed E-state index contributed by atoms with van der Waals surface area (Å²) >= 11 is 7.24. The Hall–Kier alpha value is -0.300. The second-order valence-electron chi connectivity index (χ2n) is 4.67. The third kappa shape index (κ3) is 3.67. The molecule has 114 valence electrons. The minimum absolute atomic E-state index is 0.0554. The minimum atomic E-state index is -3.64. The first-order chi connectivity index (χ1) is 9.25. The first-order valence-electron chi connectivity index (χ1n) is 6.07. The van der Waals surface area contributed by atoms with E-state index in [1.54, 1.807) is 11.8 Å². The lowest BCUT2D eigenvalue weighted by Gasteiger charge is -2.24. The third-order valence-corrected chi connectivity index (χ3v) is 6.21. The molecule has 0 radical (unpaired) electrons. The fourth-order valence-electron chi connectivity index (χ4n) is 1.80. The van der Waals surface area contributed by atoms with E-state index in [2.05, 4.69) is 0 Å². The van der Waals surface area contributed by atoms with E-state index >= 15 is 0 Å². The van der Waals surface area contributed by atoms with Gasteiger partial charge in [-0.15, -0.1) is 11.6 Å². The van der Waals surface area contributed by atoms with Crippen molar-refractivity contribution in [3.8, 4) is 0 Å². The van der Waals surface area contributed by atoms with Crippen LogP contribution in [0.25, 0.3) is 0 Å². The second-order valence-corrected chi connectivity index (χ2v) is 7.85. The van der Waals surface area contributed by atoms with Crippen molar-refractivity contribution in [1.29, 1.82) is 0 Å². The maximum absolute atomic E-state index is 13.8. The Morgan fingerprint density at radius 3 is 2.55 bits per heavy atom. The van der Waals surface area contributed by atoms with E-state index in [1.807, 2.05) is 13.2 Å². The van der Waals surface area contributed by atoms with Gasteiger partial charge in [0.25, 0.3) is 0 Å². The van der Waals surface area contributed by atoms with E-state index in [0.717, 1.165) is 0 Å². The lowest BCUT2D eigenvalue weighted by atomic mass is 10.1. The maximum atomic E-state index is 13.8. The Labute approximate surface area is 129 Å². The van der Waals surface area contributed by atoms with Crippen molar-refractivity contribution in [2.45, 2.75) is 30.7 Å². The standard InChI is InChI=1S/C13H19ClFNO2S2/c1-9-5-12(6-11(7-14)13(9)15)20(17,18)16(3)10(2)8-19-4/h5-6,10H,7-8H2,1-4H3. The van der Waals surface area contributed by atoms with Gasteiger partial charge in [-0.05, 0) is 37.8 Å². The molecule has 1 rings (SSSR count). The van der Waals surface area contributed by atoms with Crippen molar-refractivity contribution in [3.05, 3.63) is 29.1 Å². The van der Waals surface area contributed by atoms with Gasteiger partial charge >= 0.3 is 0 Å². The highest BCUT2D eigenvalue weighted by atomic mass is 35.5. The van der Waals surface area contributed by atoms with Gasteiger partial charge in [0.15, 0.2) is 0 Å². The van der Waals surface area contributed by atoms with Crippen LogP contribution in [-0.2, 0) is 15.9 Å². The van der Waals surface area contributed by atoms with Crippen LogP contribution < -0.4 is 0 Å². The largest absolute Gasteiger partial charge is 0.243 e. The highest BCUT2D eigenvalue weighted by Gasteiger charge is 2.26. The van der Waals surface area contributed by atoms with Crippen LogP contribution in [0.1, 0.15) is 18.1 Å². The number of sulfonamides is 1. The Kier molecular flexibility index (Phi) is 6.31. The third-order valence-electron chi connectivity index (χ3n) is 3.15. The number of aryl methyl sites for hydroxylation is 1. The summed E-state index contributed by atoms with van der Waals surface area (Å²) < 4.78 is 40.1. The Morgan fingerprint density at radius 1 is 1.45 bits per heavy atom. The lowest BCUT2D eigenvalue weighted by molar-refractivity contribution is 0.415. The fraction of sp³-hybridized carbons (Fsp3) is 0.538. The Balaban J connectivity index is 3.25. The average Bonchev–Trinajstić information content (AvgIpc) is 2.40. The molecule has 3 nitrogen and oxygen atoms in total. The van der Waals surface area contributed by atoms with Crippen molar-refractivity contribution in [3.63, 3.8) is 0 Å². The Bertz CT molecular complexity index is 578. The number of hydrogen-bond acceptors (Lipinski definition) is 3. The van der Waals surface area contributed by atoms with Gasteiger partial charge in [0.2, 0.25) is 10.0 Å². The molecule has 0 aliphatic carbocycles. The molecular weight excluding hydrogens is 321 g/mol. The van der Waals surface area contributed by atoms with Crippen LogP contribution in [0.15, 0.2) is 17.0 Å². The molecule has 0 fully saturated rings. The number of thioether (sulfide) groups is 1. The summed E-state index contributed by atoms with van der Waals surface area (Å²) in [5, 5.41) is 0. The molecule has 0 saturated heterocycles. The average molecular weight is 340 g/mol. The van der Waals surface area contributed by atoms with E-state index in [1.165, 1.54) is 30.4 Å². The van der Waals surface area contributed by atoms with Gasteiger partial charge < -0.3 is 0 Å². The van der Waals surface area contributed by atoms with Gasteiger partial charge in [0, 0.05) is 24.4 Å². The predicted molar refractivity (Wildman–Crippen MR) is 83.5 cm³/mol. The van der Waals surface area contributed by atoms with E-state index in [0.29, 0.717) is 5.75 Å². The normalized spacial score (nSPS) is 13.8. The second kappa shape index (κ2) is 7.11. The molecule has 20 heavy (non-hydrogen) atoms. The topological polar surface area (TPSA) is 37.4 Å². The summed E-state index contributed by atoms with van der Waals surface area (Å²) in [6, 6.07) is 2.52. The first-order valence-corrected chi connectivity index (χ1v) is 9.44. The smallest absolute Gasteiger partial charge is 0.207 e. The highest BCUT2D eigenvalue weighted by molar-refractivity contribution is 7.98. The number of alkyl halides is 1. The van der Waals surface area contributed by atoms with Crippen molar-refractivity contribution in [2.24, 2.45) is 0 Å². The zero-order chi connectivity index (χ0) is 15.5. The van der Waals surface area contributed by atoms with Crippen molar-refractivity contribution < 1.29 is 12.8 Å². The quantitative estimate of drug-likeness (QED) is 0.747. The molecular formula is C13H19ClFNO2S2. The minimum Gasteiger partial charge on any atom is -0.207 e. The SMILES string of the molecule is CSCC(C)N(C)S(=O)(=O)c1cc(C)c(F)c(CCl)c1. The van der Waals surface area contributed by atoms with Crippen LogP contribution >= 0.6 is 23.4 Å². The number of nitrogens with zero attached hydrogens (tertiary/aromatic N) is 1. The van der Waals surface area contributed by atoms with Crippen LogP contribution in [0.5, 0.6) is 0 Å². The molecule has 1 aromatic rings.